The summed E-state index contributed by atoms with van der Waals surface area (Å²) in [7, 11) is 5.64. The Bertz CT molecular complexity index is 2410. The number of rotatable bonds is 12. The molecule has 19 heteroatoms. The summed E-state index contributed by atoms with van der Waals surface area (Å²) in [6.45, 7) is 20.4. The molecule has 2 aromatic carbocycles. The number of likely N-dealkylation sites (N-methyl/N-ethyl adjacent to an activating group) is 4. The van der Waals surface area contributed by atoms with Crippen molar-refractivity contribution in [2.75, 3.05) is 34.7 Å². The van der Waals surface area contributed by atoms with Gasteiger partial charge in [-0.25, -0.2) is 4.79 Å². The number of hydrogen-bond donors (Lipinski definition) is 4. The lowest BCUT2D eigenvalue weighted by Crippen LogP contribution is -2.63. The molecule has 2 saturated heterocycles. The quantitative estimate of drug-likeness (QED) is 0.222. The fraction of sp³-hybridized carbons (Fsp3) is 0.644. The van der Waals surface area contributed by atoms with Crippen LogP contribution in [0.4, 0.5) is 0 Å². The van der Waals surface area contributed by atoms with Gasteiger partial charge in [0.25, 0.3) is 5.91 Å². The Morgan fingerprint density at radius 3 is 1.55 bits per heavy atom. The van der Waals surface area contributed by atoms with Crippen LogP contribution in [0.5, 0.6) is 0 Å². The van der Waals surface area contributed by atoms with Gasteiger partial charge in [-0.3, -0.25) is 38.4 Å². The second kappa shape index (κ2) is 28.0. The van der Waals surface area contributed by atoms with Crippen LogP contribution in [0, 0.1) is 29.6 Å². The molecule has 78 heavy (non-hydrogen) atoms. The van der Waals surface area contributed by atoms with Crippen molar-refractivity contribution in [2.24, 2.45) is 29.6 Å². The number of carbonyl (C=O) groups is 9. The second-order valence-corrected chi connectivity index (χ2v) is 23.5. The lowest BCUT2D eigenvalue weighted by atomic mass is 9.93. The zero-order valence-electron chi connectivity index (χ0n) is 49.1. The molecule has 2 heterocycles. The highest BCUT2D eigenvalue weighted by Gasteiger charge is 2.48. The van der Waals surface area contributed by atoms with E-state index in [0.29, 0.717) is 18.4 Å². The number of nitrogens with zero attached hydrogens (tertiary/aromatic N) is 5. The van der Waals surface area contributed by atoms with Crippen molar-refractivity contribution in [1.82, 2.24) is 40.4 Å². The molecule has 8 amide bonds. The highest BCUT2D eigenvalue weighted by atomic mass is 16.6. The van der Waals surface area contributed by atoms with Gasteiger partial charge in [0, 0.05) is 47.6 Å². The molecule has 0 saturated carbocycles. The van der Waals surface area contributed by atoms with Crippen LogP contribution < -0.4 is 16.0 Å². The number of benzene rings is 2. The van der Waals surface area contributed by atoms with Crippen LogP contribution >= 0.6 is 0 Å². The number of fused-ring (bicyclic) bond motifs is 1. The minimum atomic E-state index is -1.97. The molecule has 2 aliphatic heterocycles. The molecule has 2 aliphatic rings. The van der Waals surface area contributed by atoms with E-state index in [1.807, 2.05) is 57.2 Å². The van der Waals surface area contributed by atoms with Crippen LogP contribution in [0.15, 0.2) is 60.7 Å². The molecule has 2 aromatic rings. The third-order valence-corrected chi connectivity index (χ3v) is 15.3. The monoisotopic (exact) mass is 1090 g/mol. The molecule has 0 unspecified atom stereocenters. The van der Waals surface area contributed by atoms with E-state index in [2.05, 4.69) is 16.0 Å². The maximum Gasteiger partial charge on any atom is 0.332 e. The summed E-state index contributed by atoms with van der Waals surface area (Å²) < 4.78 is 6.00. The van der Waals surface area contributed by atoms with Gasteiger partial charge >= 0.3 is 5.97 Å². The number of nitrogens with one attached hydrogen (secondary N) is 3. The molecule has 4 rings (SSSR count). The third-order valence-electron chi connectivity index (χ3n) is 15.3. The lowest BCUT2D eigenvalue weighted by molar-refractivity contribution is -0.177. The Hall–Kier alpha value is -6.37. The molecule has 0 spiro atoms. The first-order chi connectivity index (χ1) is 36.4. The van der Waals surface area contributed by atoms with E-state index in [-0.39, 0.29) is 38.1 Å². The Morgan fingerprint density at radius 1 is 0.590 bits per heavy atom. The molecule has 19 nitrogen and oxygen atoms in total. The average molecular weight is 1090 g/mol. The SMILES string of the molecule is CC[C@@H](C)[C@@H]1NC(=O)[C@@H]2CCCN2C(=O)[C@H](Cc2ccccc2)N(C)C(=O)[C@H](Cc2ccccc2)NC(=O)[C@H](C(C)C)N(C)C(=O)[C@@H](C(C)C)OC(=O)[C@H](C(C)(C)O)N(C)C(=O)[C@H](CC(C)C)NC(=O)[C@H](C(C)C)N(C)C1=O. The van der Waals surface area contributed by atoms with Crippen molar-refractivity contribution in [3.05, 3.63) is 71.8 Å². The molecule has 432 valence electrons. The van der Waals surface area contributed by atoms with Gasteiger partial charge < -0.3 is 50.3 Å². The summed E-state index contributed by atoms with van der Waals surface area (Å²) in [6, 6.07) is 8.08. The van der Waals surface area contributed by atoms with E-state index >= 15 is 9.59 Å². The van der Waals surface area contributed by atoms with Gasteiger partial charge in [-0.15, -0.1) is 0 Å². The predicted octanol–water partition coefficient (Wildman–Crippen LogP) is 3.98. The number of carbonyl (C=O) groups excluding carboxylic acids is 9. The van der Waals surface area contributed by atoms with E-state index in [1.165, 1.54) is 61.6 Å². The predicted molar refractivity (Wildman–Crippen MR) is 297 cm³/mol. The highest BCUT2D eigenvalue weighted by Crippen LogP contribution is 2.27. The molecular weight excluding hydrogens is 997 g/mol. The Labute approximate surface area is 462 Å². The van der Waals surface area contributed by atoms with E-state index in [1.54, 1.807) is 72.7 Å². The fourth-order valence-corrected chi connectivity index (χ4v) is 10.8. The van der Waals surface area contributed by atoms with Crippen molar-refractivity contribution in [2.45, 2.75) is 182 Å². The van der Waals surface area contributed by atoms with Crippen molar-refractivity contribution in [3.63, 3.8) is 0 Å². The van der Waals surface area contributed by atoms with Gasteiger partial charge in [-0.2, -0.15) is 0 Å². The minimum absolute atomic E-state index is 0.00763. The maximum atomic E-state index is 15.3. The number of aliphatic hydroxyl groups is 1. The highest BCUT2D eigenvalue weighted by molar-refractivity contribution is 5.99. The molecule has 0 aliphatic carbocycles. The Morgan fingerprint density at radius 2 is 1.08 bits per heavy atom. The van der Waals surface area contributed by atoms with Crippen LogP contribution in [-0.2, 0) is 60.7 Å². The maximum absolute atomic E-state index is 15.3. The zero-order valence-corrected chi connectivity index (χ0v) is 49.1. The van der Waals surface area contributed by atoms with E-state index in [9.17, 15) is 38.7 Å². The largest absolute Gasteiger partial charge is 0.450 e. The van der Waals surface area contributed by atoms with E-state index in [4.69, 9.17) is 4.74 Å². The van der Waals surface area contributed by atoms with E-state index in [0.717, 1.165) is 10.5 Å². The summed E-state index contributed by atoms with van der Waals surface area (Å²) in [6.07, 6.45) is -0.247. The Kier molecular flexibility index (Phi) is 23.0. The molecule has 0 radical (unpaired) electrons. The van der Waals surface area contributed by atoms with Crippen LogP contribution in [0.3, 0.4) is 0 Å². The first-order valence-corrected chi connectivity index (χ1v) is 27.7. The summed E-state index contributed by atoms with van der Waals surface area (Å²) >= 11 is 0. The number of hydrogen-bond acceptors (Lipinski definition) is 11. The minimum Gasteiger partial charge on any atom is -0.450 e. The van der Waals surface area contributed by atoms with Crippen molar-refractivity contribution in [1.29, 1.82) is 0 Å². The van der Waals surface area contributed by atoms with Crippen LogP contribution in [0.25, 0.3) is 0 Å². The van der Waals surface area contributed by atoms with Gasteiger partial charge in [0.2, 0.25) is 41.4 Å². The zero-order chi connectivity index (χ0) is 58.7. The summed E-state index contributed by atoms with van der Waals surface area (Å²) in [5, 5.41) is 20.4. The standard InChI is InChI=1S/C59H90N8O11/c1-17-38(10)45-56(74)64(14)46(35(4)5)51(69)60-41(31-34(2)3)54(72)66(16)49(59(11,12)77)58(76)78-48(37(8)9)57(75)65(15)47(36(6)7)52(70)61-42(32-39-25-20-18-21-26-39)53(71)63(13)44(33-40-27-22-19-23-28-40)55(73)67-30-24-29-43(67)50(68)62-45/h18-23,25-28,34-38,41-49,77H,17,24,29-33H2,1-16H3,(H,60,69)(H,61,70)(H,62,68)/t38-,41+,42+,43+,44+,45+,46+,47+,48-,49-/m1/s1. The normalized spacial score (nSPS) is 26.3. The molecule has 2 fully saturated rings. The number of amides is 8. The summed E-state index contributed by atoms with van der Waals surface area (Å²) in [4.78, 5) is 140. The van der Waals surface area contributed by atoms with Gasteiger partial charge in [0.1, 0.15) is 42.3 Å². The fourth-order valence-electron chi connectivity index (χ4n) is 10.8. The van der Waals surface area contributed by atoms with Crippen molar-refractivity contribution < 1.29 is 53.0 Å². The summed E-state index contributed by atoms with van der Waals surface area (Å²) in [5.41, 5.74) is -0.553. The molecule has 4 N–H and O–H groups in total. The topological polar surface area (TPSA) is 235 Å². The smallest absolute Gasteiger partial charge is 0.332 e. The molecular formula is C59H90N8O11. The summed E-state index contributed by atoms with van der Waals surface area (Å²) in [5.74, 6) is -8.74. The van der Waals surface area contributed by atoms with Crippen LogP contribution in [0.2, 0.25) is 0 Å². The molecule has 0 aromatic heterocycles. The van der Waals surface area contributed by atoms with E-state index < -0.39 is 137 Å². The lowest BCUT2D eigenvalue weighted by Gasteiger charge is -2.39. The molecule has 0 bridgehead atoms. The van der Waals surface area contributed by atoms with Gasteiger partial charge in [-0.1, -0.05) is 136 Å². The molecule has 10 atom stereocenters. The van der Waals surface area contributed by atoms with Crippen molar-refractivity contribution >= 4 is 53.2 Å². The first-order valence-electron chi connectivity index (χ1n) is 27.7. The second-order valence-electron chi connectivity index (χ2n) is 23.5. The average Bonchev–Trinajstić information content (AvgIpc) is 3.88. The first kappa shape index (κ1) is 64.2. The van der Waals surface area contributed by atoms with Crippen molar-refractivity contribution in [3.8, 4) is 0 Å². The Balaban J connectivity index is 1.96. The number of esters is 1. The van der Waals surface area contributed by atoms with Gasteiger partial charge in [-0.05, 0) is 73.8 Å². The van der Waals surface area contributed by atoms with Gasteiger partial charge in [0.15, 0.2) is 12.1 Å². The van der Waals surface area contributed by atoms with Crippen LogP contribution in [0.1, 0.15) is 120 Å². The number of cyclic esters (lactones) is 1. The third kappa shape index (κ3) is 15.9. The van der Waals surface area contributed by atoms with Gasteiger partial charge in [0.05, 0.1) is 5.60 Å². The number of ether oxygens (including phenoxy) is 1. The van der Waals surface area contributed by atoms with Crippen LogP contribution in [-0.4, -0.2) is 178 Å².